The van der Waals surface area contributed by atoms with Gasteiger partial charge in [-0.2, -0.15) is 13.2 Å². The number of alkyl halides is 3. The van der Waals surface area contributed by atoms with Gasteiger partial charge in [0.2, 0.25) is 0 Å². The van der Waals surface area contributed by atoms with Gasteiger partial charge in [-0.25, -0.2) is 4.79 Å². The lowest BCUT2D eigenvalue weighted by Crippen LogP contribution is -2.45. The van der Waals surface area contributed by atoms with E-state index in [0.29, 0.717) is 12.8 Å². The van der Waals surface area contributed by atoms with Crippen LogP contribution in [0.2, 0.25) is 0 Å². The number of aliphatic hydroxyl groups excluding tert-OH is 1. The van der Waals surface area contributed by atoms with Crippen LogP contribution in [0.5, 0.6) is 0 Å². The lowest BCUT2D eigenvalue weighted by molar-refractivity contribution is -0.138. The van der Waals surface area contributed by atoms with E-state index < -0.39 is 11.7 Å². The van der Waals surface area contributed by atoms with E-state index in [9.17, 15) is 18.0 Å². The first-order valence-electron chi connectivity index (χ1n) is 7.63. The number of nitrogens with zero attached hydrogens (tertiary/aromatic N) is 1. The first-order chi connectivity index (χ1) is 10.8. The van der Waals surface area contributed by atoms with Crippen molar-refractivity contribution in [1.82, 2.24) is 10.2 Å². The van der Waals surface area contributed by atoms with Crippen LogP contribution in [0, 0.1) is 0 Å². The number of halogens is 3. The Morgan fingerprint density at radius 1 is 1.35 bits per heavy atom. The largest absolute Gasteiger partial charge is 0.416 e. The second kappa shape index (κ2) is 7.21. The lowest BCUT2D eigenvalue weighted by Gasteiger charge is -2.26. The zero-order valence-electron chi connectivity index (χ0n) is 12.9. The molecule has 1 aromatic carbocycles. The van der Waals surface area contributed by atoms with Crippen LogP contribution in [0.1, 0.15) is 36.3 Å². The van der Waals surface area contributed by atoms with Crippen LogP contribution in [-0.4, -0.2) is 42.3 Å². The van der Waals surface area contributed by atoms with Crippen LogP contribution >= 0.6 is 0 Å². The average Bonchev–Trinajstić information content (AvgIpc) is 2.94. The molecule has 2 rings (SSSR count). The number of rotatable bonds is 4. The second-order valence-corrected chi connectivity index (χ2v) is 5.82. The first kappa shape index (κ1) is 17.6. The summed E-state index contributed by atoms with van der Waals surface area (Å²) in [5, 5.41) is 11.7. The molecule has 23 heavy (non-hydrogen) atoms. The van der Waals surface area contributed by atoms with Crippen molar-refractivity contribution in [3.05, 3.63) is 35.4 Å². The summed E-state index contributed by atoms with van der Waals surface area (Å²) in [5.41, 5.74) is -0.387. The zero-order valence-corrected chi connectivity index (χ0v) is 12.9. The summed E-state index contributed by atoms with van der Waals surface area (Å²) in [6.07, 6.45) is -2.37. The molecule has 0 radical (unpaired) electrons. The van der Waals surface area contributed by atoms with E-state index in [4.69, 9.17) is 5.11 Å². The number of hydrogen-bond donors (Lipinski definition) is 2. The highest BCUT2D eigenvalue weighted by Crippen LogP contribution is 2.41. The maximum absolute atomic E-state index is 13.2. The molecule has 7 heteroatoms. The topological polar surface area (TPSA) is 52.6 Å². The highest BCUT2D eigenvalue weighted by atomic mass is 19.4. The molecule has 1 aromatic rings. The van der Waals surface area contributed by atoms with Crippen molar-refractivity contribution in [1.29, 1.82) is 0 Å². The predicted octanol–water partition coefficient (Wildman–Crippen LogP) is 2.98. The first-order valence-corrected chi connectivity index (χ1v) is 7.63. The molecule has 0 aliphatic heterocycles. The fourth-order valence-corrected chi connectivity index (χ4v) is 3.10. The normalized spacial score (nSPS) is 21.3. The molecular formula is C16H21F3N2O2. The van der Waals surface area contributed by atoms with Crippen molar-refractivity contribution in [3.8, 4) is 0 Å². The quantitative estimate of drug-likeness (QED) is 0.892. The Hall–Kier alpha value is -1.76. The Kier molecular flexibility index (Phi) is 5.51. The molecule has 2 N–H and O–H groups in total. The third-order valence-corrected chi connectivity index (χ3v) is 4.27. The standard InChI is InChI=1S/C16H21F3N2O2/c1-21(9-10-22)15(23)20-14-8-4-6-12(14)11-5-2-3-7-13(11)16(17,18)19/h2-3,5,7,12,14,22H,4,6,8-10H2,1H3,(H,20,23)/t12-,14-/m0/s1. The van der Waals surface area contributed by atoms with E-state index in [-0.39, 0.29) is 36.7 Å². The third kappa shape index (κ3) is 4.16. The van der Waals surface area contributed by atoms with E-state index in [1.807, 2.05) is 0 Å². The van der Waals surface area contributed by atoms with Gasteiger partial charge in [0.15, 0.2) is 0 Å². The summed E-state index contributed by atoms with van der Waals surface area (Å²) in [4.78, 5) is 13.4. The summed E-state index contributed by atoms with van der Waals surface area (Å²) < 4.78 is 39.6. The Balaban J connectivity index is 2.18. The minimum absolute atomic E-state index is 0.158. The maximum atomic E-state index is 13.2. The van der Waals surface area contributed by atoms with E-state index >= 15 is 0 Å². The van der Waals surface area contributed by atoms with Crippen LogP contribution in [0.3, 0.4) is 0 Å². The van der Waals surface area contributed by atoms with Gasteiger partial charge in [0, 0.05) is 25.6 Å². The molecule has 2 atom stereocenters. The highest BCUT2D eigenvalue weighted by molar-refractivity contribution is 5.74. The molecule has 1 saturated carbocycles. The van der Waals surface area contributed by atoms with E-state index in [2.05, 4.69) is 5.32 Å². The summed E-state index contributed by atoms with van der Waals surface area (Å²) in [6, 6.07) is 4.86. The van der Waals surface area contributed by atoms with Gasteiger partial charge in [0.05, 0.1) is 12.2 Å². The minimum atomic E-state index is -4.40. The van der Waals surface area contributed by atoms with E-state index in [1.54, 1.807) is 13.1 Å². The molecule has 0 heterocycles. The molecule has 0 saturated heterocycles. The van der Waals surface area contributed by atoms with Crippen LogP contribution < -0.4 is 5.32 Å². The molecular weight excluding hydrogens is 309 g/mol. The van der Waals surface area contributed by atoms with E-state index in [0.717, 1.165) is 12.5 Å². The van der Waals surface area contributed by atoms with Crippen molar-refractivity contribution >= 4 is 6.03 Å². The number of nitrogens with one attached hydrogen (secondary N) is 1. The molecule has 4 nitrogen and oxygen atoms in total. The van der Waals surface area contributed by atoms with Crippen molar-refractivity contribution in [3.63, 3.8) is 0 Å². The van der Waals surface area contributed by atoms with Crippen LogP contribution in [0.25, 0.3) is 0 Å². The van der Waals surface area contributed by atoms with Crippen LogP contribution in [0.4, 0.5) is 18.0 Å². The third-order valence-electron chi connectivity index (χ3n) is 4.27. The molecule has 1 aliphatic rings. The average molecular weight is 330 g/mol. The van der Waals surface area contributed by atoms with Crippen molar-refractivity contribution in [2.24, 2.45) is 0 Å². The van der Waals surface area contributed by atoms with Gasteiger partial charge < -0.3 is 15.3 Å². The molecule has 1 aliphatic carbocycles. The van der Waals surface area contributed by atoms with Crippen LogP contribution in [-0.2, 0) is 6.18 Å². The summed E-state index contributed by atoms with van der Waals surface area (Å²) in [6.45, 7) is 0.0251. The number of hydrogen-bond acceptors (Lipinski definition) is 2. The summed E-state index contributed by atoms with van der Waals surface area (Å²) in [5.74, 6) is -0.348. The number of benzene rings is 1. The smallest absolute Gasteiger partial charge is 0.395 e. The minimum Gasteiger partial charge on any atom is -0.395 e. The zero-order chi connectivity index (χ0) is 17.0. The maximum Gasteiger partial charge on any atom is 0.416 e. The Morgan fingerprint density at radius 3 is 2.70 bits per heavy atom. The van der Waals surface area contributed by atoms with Gasteiger partial charge in [-0.3, -0.25) is 0 Å². The number of carbonyl (C=O) groups excluding carboxylic acids is 1. The summed E-state index contributed by atoms with van der Waals surface area (Å²) in [7, 11) is 1.54. The van der Waals surface area contributed by atoms with E-state index in [1.165, 1.54) is 17.0 Å². The molecule has 0 aromatic heterocycles. The fraction of sp³-hybridized carbons (Fsp3) is 0.562. The van der Waals surface area contributed by atoms with Crippen molar-refractivity contribution in [2.45, 2.75) is 37.4 Å². The Bertz CT molecular complexity index is 548. The molecule has 0 unspecified atom stereocenters. The lowest BCUT2D eigenvalue weighted by atomic mass is 9.90. The molecule has 128 valence electrons. The van der Waals surface area contributed by atoms with Gasteiger partial charge in [0.25, 0.3) is 0 Å². The SMILES string of the molecule is CN(CCO)C(=O)N[C@H]1CCC[C@H]1c1ccccc1C(F)(F)F. The number of likely N-dealkylation sites (N-methyl/N-ethyl adjacent to an activating group) is 1. The number of amides is 2. The molecule has 0 bridgehead atoms. The highest BCUT2D eigenvalue weighted by Gasteiger charge is 2.38. The van der Waals surface area contributed by atoms with Gasteiger partial charge in [-0.15, -0.1) is 0 Å². The monoisotopic (exact) mass is 330 g/mol. The predicted molar refractivity (Wildman–Crippen MR) is 80.1 cm³/mol. The molecule has 1 fully saturated rings. The molecule has 0 spiro atoms. The Labute approximate surface area is 133 Å². The number of carbonyl (C=O) groups is 1. The van der Waals surface area contributed by atoms with Crippen LogP contribution in [0.15, 0.2) is 24.3 Å². The number of aliphatic hydroxyl groups is 1. The van der Waals surface area contributed by atoms with Gasteiger partial charge >= 0.3 is 12.2 Å². The van der Waals surface area contributed by atoms with Crippen molar-refractivity contribution in [2.75, 3.05) is 20.2 Å². The van der Waals surface area contributed by atoms with Gasteiger partial charge in [0.1, 0.15) is 0 Å². The van der Waals surface area contributed by atoms with Gasteiger partial charge in [-0.05, 0) is 24.5 Å². The fourth-order valence-electron chi connectivity index (χ4n) is 3.10. The summed E-state index contributed by atoms with van der Waals surface area (Å²) >= 11 is 0. The van der Waals surface area contributed by atoms with Crippen molar-refractivity contribution < 1.29 is 23.1 Å². The number of urea groups is 1. The molecule has 2 amide bonds. The second-order valence-electron chi connectivity index (χ2n) is 5.82. The Morgan fingerprint density at radius 2 is 2.04 bits per heavy atom. The van der Waals surface area contributed by atoms with Gasteiger partial charge in [-0.1, -0.05) is 24.6 Å².